The fraction of sp³-hybridized carbons (Fsp3) is 0.619. The van der Waals surface area contributed by atoms with Crippen molar-refractivity contribution in [2.24, 2.45) is 0 Å². The monoisotopic (exact) mass is 372 g/mol. The summed E-state index contributed by atoms with van der Waals surface area (Å²) in [5.41, 5.74) is 1.92. The third kappa shape index (κ3) is 5.78. The van der Waals surface area contributed by atoms with E-state index < -0.39 is 0 Å². The number of carbonyl (C=O) groups is 2. The highest BCUT2D eigenvalue weighted by molar-refractivity contribution is 5.95. The van der Waals surface area contributed by atoms with Crippen LogP contribution in [0.5, 0.6) is 0 Å². The minimum atomic E-state index is -0.183. The number of hydrogen-bond acceptors (Lipinski definition) is 4. The molecule has 2 fully saturated rings. The number of anilines is 1. The van der Waals surface area contributed by atoms with Gasteiger partial charge >= 0.3 is 0 Å². The summed E-state index contributed by atoms with van der Waals surface area (Å²) in [7, 11) is 0. The number of likely N-dealkylation sites (tertiary alicyclic amines) is 2. The molecule has 1 aromatic carbocycles. The van der Waals surface area contributed by atoms with Crippen LogP contribution in [0, 0.1) is 0 Å². The molecule has 0 aliphatic carbocycles. The summed E-state index contributed by atoms with van der Waals surface area (Å²) in [6.07, 6.45) is 5.79. The zero-order valence-corrected chi connectivity index (χ0v) is 16.4. The maximum Gasteiger partial charge on any atom is 0.243 e. The van der Waals surface area contributed by atoms with Gasteiger partial charge in [-0.05, 0) is 56.8 Å². The predicted octanol–water partition coefficient (Wildman–Crippen LogP) is 1.86. The number of carbonyl (C=O) groups excluding carboxylic acids is 2. The summed E-state index contributed by atoms with van der Waals surface area (Å²) in [6, 6.07) is 8.45. The molecule has 3 rings (SSSR count). The summed E-state index contributed by atoms with van der Waals surface area (Å²) in [6.45, 7) is 6.85. The standard InChI is InChI=1S/C21H32N4O2/c1-2-17-7-3-4-8-19(17)23-20(26)15-22-21(27)16-24-13-9-18(10-14-24)25-11-5-6-12-25/h3-4,7-8,18H,2,5-6,9-16H2,1H3,(H,22,27)(H,23,26). The second-order valence-electron chi connectivity index (χ2n) is 7.59. The van der Waals surface area contributed by atoms with Crippen molar-refractivity contribution in [3.63, 3.8) is 0 Å². The van der Waals surface area contributed by atoms with E-state index in [1.807, 2.05) is 24.3 Å². The summed E-state index contributed by atoms with van der Waals surface area (Å²) in [4.78, 5) is 29.1. The van der Waals surface area contributed by atoms with Crippen LogP contribution in [0.4, 0.5) is 5.69 Å². The molecule has 27 heavy (non-hydrogen) atoms. The topological polar surface area (TPSA) is 64.7 Å². The third-order valence-corrected chi connectivity index (χ3v) is 5.70. The molecule has 2 aliphatic rings. The van der Waals surface area contributed by atoms with Gasteiger partial charge in [0.05, 0.1) is 13.1 Å². The maximum atomic E-state index is 12.2. The Morgan fingerprint density at radius 3 is 2.44 bits per heavy atom. The SMILES string of the molecule is CCc1ccccc1NC(=O)CNC(=O)CN1CCC(N2CCCC2)CC1. The molecule has 0 radical (unpaired) electrons. The van der Waals surface area contributed by atoms with E-state index in [0.29, 0.717) is 12.6 Å². The van der Waals surface area contributed by atoms with Crippen molar-refractivity contribution >= 4 is 17.5 Å². The quantitative estimate of drug-likeness (QED) is 0.767. The lowest BCUT2D eigenvalue weighted by Gasteiger charge is -2.36. The van der Waals surface area contributed by atoms with E-state index in [4.69, 9.17) is 0 Å². The van der Waals surface area contributed by atoms with Gasteiger partial charge in [0.1, 0.15) is 0 Å². The van der Waals surface area contributed by atoms with Gasteiger partial charge in [0.2, 0.25) is 11.8 Å². The van der Waals surface area contributed by atoms with Crippen molar-refractivity contribution < 1.29 is 9.59 Å². The van der Waals surface area contributed by atoms with Gasteiger partial charge in [-0.15, -0.1) is 0 Å². The molecule has 6 nitrogen and oxygen atoms in total. The number of piperidine rings is 1. The van der Waals surface area contributed by atoms with Crippen LogP contribution < -0.4 is 10.6 Å². The Hall–Kier alpha value is -1.92. The normalized spacial score (nSPS) is 19.1. The molecule has 0 aromatic heterocycles. The van der Waals surface area contributed by atoms with Crippen LogP contribution in [0.3, 0.4) is 0 Å². The Labute approximate surface area is 162 Å². The van der Waals surface area contributed by atoms with Gasteiger partial charge in [-0.2, -0.15) is 0 Å². The number of para-hydroxylation sites is 1. The Kier molecular flexibility index (Phi) is 7.24. The predicted molar refractivity (Wildman–Crippen MR) is 108 cm³/mol. The first-order chi connectivity index (χ1) is 13.2. The first-order valence-electron chi connectivity index (χ1n) is 10.3. The molecule has 0 saturated carbocycles. The molecular weight excluding hydrogens is 340 g/mol. The number of amides is 2. The third-order valence-electron chi connectivity index (χ3n) is 5.70. The second kappa shape index (κ2) is 9.85. The van der Waals surface area contributed by atoms with Gasteiger partial charge < -0.3 is 15.5 Å². The van der Waals surface area contributed by atoms with Crippen molar-refractivity contribution in [2.45, 2.75) is 45.1 Å². The number of nitrogens with zero attached hydrogens (tertiary/aromatic N) is 2. The zero-order valence-electron chi connectivity index (χ0n) is 16.4. The summed E-state index contributed by atoms with van der Waals surface area (Å²) in [5, 5.41) is 5.64. The fourth-order valence-electron chi connectivity index (χ4n) is 4.13. The molecule has 0 unspecified atom stereocenters. The van der Waals surface area contributed by atoms with Crippen molar-refractivity contribution in [1.29, 1.82) is 0 Å². The first kappa shape index (κ1) is 19.8. The fourth-order valence-corrected chi connectivity index (χ4v) is 4.13. The van der Waals surface area contributed by atoms with Gasteiger partial charge in [0.25, 0.3) is 0 Å². The molecule has 2 saturated heterocycles. The molecule has 2 heterocycles. The van der Waals surface area contributed by atoms with Gasteiger partial charge in [0, 0.05) is 24.8 Å². The van der Waals surface area contributed by atoms with Crippen LogP contribution in [0.1, 0.15) is 38.2 Å². The second-order valence-corrected chi connectivity index (χ2v) is 7.59. The number of nitrogens with one attached hydrogen (secondary N) is 2. The maximum absolute atomic E-state index is 12.2. The summed E-state index contributed by atoms with van der Waals surface area (Å²) >= 11 is 0. The van der Waals surface area contributed by atoms with Gasteiger partial charge in [-0.25, -0.2) is 0 Å². The lowest BCUT2D eigenvalue weighted by Crippen LogP contribution is -2.47. The first-order valence-corrected chi connectivity index (χ1v) is 10.3. The van der Waals surface area contributed by atoms with Crippen molar-refractivity contribution in [1.82, 2.24) is 15.1 Å². The average molecular weight is 373 g/mol. The minimum Gasteiger partial charge on any atom is -0.346 e. The highest BCUT2D eigenvalue weighted by Crippen LogP contribution is 2.20. The lowest BCUT2D eigenvalue weighted by atomic mass is 10.0. The zero-order chi connectivity index (χ0) is 19.1. The highest BCUT2D eigenvalue weighted by atomic mass is 16.2. The highest BCUT2D eigenvalue weighted by Gasteiger charge is 2.27. The van der Waals surface area contributed by atoms with E-state index in [2.05, 4.69) is 27.4 Å². The van der Waals surface area contributed by atoms with Crippen LogP contribution in [-0.2, 0) is 16.0 Å². The van der Waals surface area contributed by atoms with Crippen molar-refractivity contribution in [3.8, 4) is 0 Å². The van der Waals surface area contributed by atoms with E-state index in [-0.39, 0.29) is 18.4 Å². The van der Waals surface area contributed by atoms with E-state index in [1.54, 1.807) is 0 Å². The molecule has 0 spiro atoms. The van der Waals surface area contributed by atoms with Gasteiger partial charge in [0.15, 0.2) is 0 Å². The molecule has 2 N–H and O–H groups in total. The number of aryl methyl sites for hydroxylation is 1. The Morgan fingerprint density at radius 2 is 1.74 bits per heavy atom. The molecule has 0 bridgehead atoms. The number of benzene rings is 1. The molecule has 148 valence electrons. The van der Waals surface area contributed by atoms with Gasteiger partial charge in [-0.1, -0.05) is 25.1 Å². The Balaban J connectivity index is 1.35. The molecule has 2 amide bonds. The van der Waals surface area contributed by atoms with Crippen LogP contribution >= 0.6 is 0 Å². The number of hydrogen-bond donors (Lipinski definition) is 2. The average Bonchev–Trinajstić information content (AvgIpc) is 3.22. The van der Waals surface area contributed by atoms with Crippen LogP contribution in [0.25, 0.3) is 0 Å². The van der Waals surface area contributed by atoms with Crippen molar-refractivity contribution in [2.75, 3.05) is 44.6 Å². The van der Waals surface area contributed by atoms with Gasteiger partial charge in [-0.3, -0.25) is 14.5 Å². The van der Waals surface area contributed by atoms with Crippen molar-refractivity contribution in [3.05, 3.63) is 29.8 Å². The Morgan fingerprint density at radius 1 is 1.04 bits per heavy atom. The van der Waals surface area contributed by atoms with E-state index in [1.165, 1.54) is 25.9 Å². The molecule has 1 aromatic rings. The van der Waals surface area contributed by atoms with Crippen LogP contribution in [-0.4, -0.2) is 66.9 Å². The molecule has 2 aliphatic heterocycles. The van der Waals surface area contributed by atoms with E-state index in [9.17, 15) is 9.59 Å². The Bertz CT molecular complexity index is 635. The summed E-state index contributed by atoms with van der Waals surface area (Å²) in [5.74, 6) is -0.259. The largest absolute Gasteiger partial charge is 0.346 e. The molecule has 0 atom stereocenters. The van der Waals surface area contributed by atoms with Crippen LogP contribution in [0.2, 0.25) is 0 Å². The smallest absolute Gasteiger partial charge is 0.243 e. The molecule has 6 heteroatoms. The number of rotatable bonds is 7. The molecular formula is C21H32N4O2. The summed E-state index contributed by atoms with van der Waals surface area (Å²) < 4.78 is 0. The van der Waals surface area contributed by atoms with E-state index in [0.717, 1.165) is 43.6 Å². The van der Waals surface area contributed by atoms with Crippen LogP contribution in [0.15, 0.2) is 24.3 Å². The minimum absolute atomic E-state index is 0.0150. The lowest BCUT2D eigenvalue weighted by molar-refractivity contribution is -0.125. The van der Waals surface area contributed by atoms with E-state index >= 15 is 0 Å².